The average molecular weight is 196 g/mol. The molecule has 0 amide bonds. The summed E-state index contributed by atoms with van der Waals surface area (Å²) in [6, 6.07) is 5.91. The Morgan fingerprint density at radius 3 is 3.00 bits per heavy atom. The van der Waals surface area contributed by atoms with Crippen molar-refractivity contribution >= 4 is 29.3 Å². The van der Waals surface area contributed by atoms with Gasteiger partial charge in [-0.05, 0) is 18.4 Å². The van der Waals surface area contributed by atoms with Crippen LogP contribution in [0.3, 0.4) is 0 Å². The summed E-state index contributed by atoms with van der Waals surface area (Å²) < 4.78 is 0. The first kappa shape index (κ1) is 9.68. The number of aromatic nitrogens is 1. The molecule has 1 aromatic heterocycles. The molecule has 0 fully saturated rings. The maximum atomic E-state index is 4.77. The predicted molar refractivity (Wildman–Crippen MR) is 57.8 cm³/mol. The third-order valence-electron chi connectivity index (χ3n) is 1.54. The van der Waals surface area contributed by atoms with E-state index in [1.807, 2.05) is 24.5 Å². The van der Waals surface area contributed by atoms with Gasteiger partial charge in [0.25, 0.3) is 0 Å². The van der Waals surface area contributed by atoms with Gasteiger partial charge in [0.05, 0.1) is 0 Å². The van der Waals surface area contributed by atoms with E-state index >= 15 is 0 Å². The molecule has 0 aliphatic rings. The Labute approximate surface area is 82.6 Å². The van der Waals surface area contributed by atoms with Gasteiger partial charge >= 0.3 is 0 Å². The van der Waals surface area contributed by atoms with E-state index in [1.165, 1.54) is 0 Å². The molecule has 0 bridgehead atoms. The lowest BCUT2D eigenvalue weighted by Gasteiger charge is -2.05. The van der Waals surface area contributed by atoms with Gasteiger partial charge in [0, 0.05) is 28.9 Å². The smallest absolute Gasteiger partial charge is 0.0463 e. The van der Waals surface area contributed by atoms with E-state index in [1.54, 1.807) is 18.0 Å². The molecule has 0 spiro atoms. The fourth-order valence-corrected chi connectivity index (χ4v) is 1.69. The summed E-state index contributed by atoms with van der Waals surface area (Å²) in [6.07, 6.45) is 4.72. The van der Waals surface area contributed by atoms with Crippen LogP contribution < -0.4 is 0 Å². The number of hydrogen-bond acceptors (Lipinski definition) is 3. The number of rotatable bonds is 4. The molecule has 1 unspecified atom stereocenters. The Balaban J connectivity index is 2.56. The first-order valence-electron chi connectivity index (χ1n) is 3.67. The highest BCUT2D eigenvalue weighted by Crippen LogP contribution is 2.09. The van der Waals surface area contributed by atoms with Gasteiger partial charge in [0.2, 0.25) is 0 Å². The van der Waals surface area contributed by atoms with Crippen LogP contribution in [0.15, 0.2) is 24.4 Å². The van der Waals surface area contributed by atoms with Gasteiger partial charge in [-0.3, -0.25) is 4.98 Å². The molecule has 3 heteroatoms. The summed E-state index contributed by atoms with van der Waals surface area (Å²) in [5.74, 6) is 0. The lowest BCUT2D eigenvalue weighted by molar-refractivity contribution is 1.00. The van der Waals surface area contributed by atoms with E-state index in [9.17, 15) is 0 Å². The van der Waals surface area contributed by atoms with E-state index in [0.29, 0.717) is 0 Å². The number of pyridine rings is 1. The van der Waals surface area contributed by atoms with Gasteiger partial charge in [-0.25, -0.2) is 0 Å². The van der Waals surface area contributed by atoms with Gasteiger partial charge in [-0.1, -0.05) is 18.3 Å². The Kier molecular flexibility index (Phi) is 4.25. The van der Waals surface area contributed by atoms with Gasteiger partial charge in [0.15, 0.2) is 0 Å². The van der Waals surface area contributed by atoms with Crippen LogP contribution in [-0.2, 0) is 6.42 Å². The fourth-order valence-electron chi connectivity index (χ4n) is 0.882. The molecule has 0 aliphatic heterocycles. The maximum absolute atomic E-state index is 4.77. The maximum Gasteiger partial charge on any atom is 0.0463 e. The predicted octanol–water partition coefficient (Wildman–Crippen LogP) is 2.23. The molecule has 0 saturated heterocycles. The Morgan fingerprint density at radius 1 is 1.67 bits per heavy atom. The topological polar surface area (TPSA) is 12.9 Å². The average Bonchev–Trinajstić information content (AvgIpc) is 2.16. The zero-order valence-electron chi connectivity index (χ0n) is 6.86. The molecule has 1 nitrogen and oxygen atoms in total. The van der Waals surface area contributed by atoms with Gasteiger partial charge < -0.3 is 0 Å². The Hall–Kier alpha value is -0.410. The normalized spacial score (nSPS) is 12.4. The zero-order chi connectivity index (χ0) is 8.81. The highest BCUT2D eigenvalue weighted by molar-refractivity contribution is 8.00. The van der Waals surface area contributed by atoms with Crippen LogP contribution in [0.1, 0.15) is 5.69 Å². The summed E-state index contributed by atoms with van der Waals surface area (Å²) in [7, 11) is 0. The van der Waals surface area contributed by atoms with E-state index in [4.69, 9.17) is 12.2 Å². The lowest BCUT2D eigenvalue weighted by Crippen LogP contribution is -2.07. The first-order valence-corrected chi connectivity index (χ1v) is 5.37. The minimum atomic E-state index is 0.287. The highest BCUT2D eigenvalue weighted by atomic mass is 32.2. The van der Waals surface area contributed by atoms with Crippen molar-refractivity contribution in [1.29, 1.82) is 0 Å². The Bertz CT molecular complexity index is 236. The molecule has 1 aromatic rings. The minimum Gasteiger partial charge on any atom is -0.261 e. The second kappa shape index (κ2) is 5.27. The molecule has 1 radical (unpaired) electrons. The number of thiocarbonyl (C=S) groups is 1. The van der Waals surface area contributed by atoms with Crippen LogP contribution in [-0.4, -0.2) is 21.9 Å². The van der Waals surface area contributed by atoms with Crippen LogP contribution in [0.5, 0.6) is 0 Å². The molecule has 0 N–H and O–H groups in total. The molecule has 1 rings (SSSR count). The molecule has 12 heavy (non-hydrogen) atoms. The molecule has 1 atom stereocenters. The number of hydrogen-bond donors (Lipinski definition) is 0. The van der Waals surface area contributed by atoms with Crippen molar-refractivity contribution in [3.8, 4) is 0 Å². The number of thioether (sulfide) groups is 1. The van der Waals surface area contributed by atoms with Crippen molar-refractivity contribution in [2.24, 2.45) is 0 Å². The molecule has 0 aliphatic carbocycles. The van der Waals surface area contributed by atoms with Gasteiger partial charge in [0.1, 0.15) is 0 Å². The third-order valence-corrected chi connectivity index (χ3v) is 2.82. The number of nitrogens with zero attached hydrogens (tertiary/aromatic N) is 1. The lowest BCUT2D eigenvalue weighted by atomic mass is 10.2. The molecular formula is C9H10NS2. The molecular weight excluding hydrogens is 186 g/mol. The monoisotopic (exact) mass is 196 g/mol. The molecule has 0 aromatic carbocycles. The second-order valence-electron chi connectivity index (χ2n) is 2.37. The Morgan fingerprint density at radius 2 is 2.50 bits per heavy atom. The summed E-state index contributed by atoms with van der Waals surface area (Å²) >= 11 is 6.48. The van der Waals surface area contributed by atoms with E-state index in [-0.39, 0.29) is 5.25 Å². The largest absolute Gasteiger partial charge is 0.261 e. The quantitative estimate of drug-likeness (QED) is 0.685. The molecule has 63 valence electrons. The van der Waals surface area contributed by atoms with Crippen LogP contribution in [0.4, 0.5) is 0 Å². The van der Waals surface area contributed by atoms with E-state index in [0.717, 1.165) is 12.1 Å². The van der Waals surface area contributed by atoms with Crippen molar-refractivity contribution in [1.82, 2.24) is 4.98 Å². The van der Waals surface area contributed by atoms with E-state index in [2.05, 4.69) is 10.4 Å². The van der Waals surface area contributed by atoms with E-state index < -0.39 is 0 Å². The third kappa shape index (κ3) is 2.91. The summed E-state index contributed by atoms with van der Waals surface area (Å²) in [6.45, 7) is 0. The van der Waals surface area contributed by atoms with Crippen molar-refractivity contribution in [3.63, 3.8) is 0 Å². The first-order chi connectivity index (χ1) is 5.86. The van der Waals surface area contributed by atoms with Crippen molar-refractivity contribution in [2.75, 3.05) is 6.26 Å². The summed E-state index contributed by atoms with van der Waals surface area (Å²) in [4.78, 5) is 4.21. The highest BCUT2D eigenvalue weighted by Gasteiger charge is 2.04. The standard InChI is InChI=1S/C9H10NS2/c1-12-9(7-11)6-8-4-2-3-5-10-8/h2-5,9H,6H2,1H3. The SMILES string of the molecule is CSC([C]=S)Cc1ccccn1. The van der Waals surface area contributed by atoms with Gasteiger partial charge in [-0.15, -0.1) is 0 Å². The molecule has 0 saturated carbocycles. The van der Waals surface area contributed by atoms with Crippen LogP contribution in [0.2, 0.25) is 0 Å². The minimum absolute atomic E-state index is 0.287. The second-order valence-corrected chi connectivity index (χ2v) is 3.64. The molecule has 1 heterocycles. The van der Waals surface area contributed by atoms with Crippen molar-refractivity contribution < 1.29 is 0 Å². The zero-order valence-corrected chi connectivity index (χ0v) is 8.49. The van der Waals surface area contributed by atoms with Crippen molar-refractivity contribution in [3.05, 3.63) is 30.1 Å². The van der Waals surface area contributed by atoms with Crippen LogP contribution in [0, 0.1) is 0 Å². The van der Waals surface area contributed by atoms with Crippen LogP contribution >= 0.6 is 24.0 Å². The summed E-state index contributed by atoms with van der Waals surface area (Å²) in [5.41, 5.74) is 1.08. The summed E-state index contributed by atoms with van der Waals surface area (Å²) in [5, 5.41) is 3.09. The van der Waals surface area contributed by atoms with Gasteiger partial charge in [-0.2, -0.15) is 11.8 Å². The van der Waals surface area contributed by atoms with Crippen LogP contribution in [0.25, 0.3) is 0 Å². The fraction of sp³-hybridized carbons (Fsp3) is 0.333. The van der Waals surface area contributed by atoms with Crippen molar-refractivity contribution in [2.45, 2.75) is 11.7 Å².